The van der Waals surface area contributed by atoms with Crippen molar-refractivity contribution in [3.8, 4) is 0 Å². The number of carbonyl (C=O) groups excluding carboxylic acids is 2. The number of aryl methyl sites for hydroxylation is 1. The lowest BCUT2D eigenvalue weighted by molar-refractivity contribution is -0.129. The average Bonchev–Trinajstić information content (AvgIpc) is 2.53. The number of benzene rings is 2. The zero-order valence-corrected chi connectivity index (χ0v) is 14.9. The van der Waals surface area contributed by atoms with Crippen molar-refractivity contribution in [3.63, 3.8) is 0 Å². The van der Waals surface area contributed by atoms with Gasteiger partial charge in [-0.15, -0.1) is 0 Å². The lowest BCUT2D eigenvalue weighted by atomic mass is 10.1. The Labute approximate surface area is 148 Å². The summed E-state index contributed by atoms with van der Waals surface area (Å²) in [7, 11) is 0. The van der Waals surface area contributed by atoms with Gasteiger partial charge in [-0.25, -0.2) is 9.18 Å². The highest BCUT2D eigenvalue weighted by atomic mass is 79.9. The molecule has 0 aliphatic heterocycles. The molecule has 0 radical (unpaired) electrons. The van der Waals surface area contributed by atoms with Gasteiger partial charge in [-0.05, 0) is 37.6 Å². The van der Waals surface area contributed by atoms with Crippen molar-refractivity contribution in [1.29, 1.82) is 0 Å². The molecule has 1 N–H and O–H groups in total. The fraction of sp³-hybridized carbons (Fsp3) is 0.222. The maximum atomic E-state index is 13.7. The molecule has 0 unspecified atom stereocenters. The van der Waals surface area contributed by atoms with Gasteiger partial charge in [-0.3, -0.25) is 4.79 Å². The van der Waals surface area contributed by atoms with Crippen molar-refractivity contribution in [2.75, 3.05) is 0 Å². The second kappa shape index (κ2) is 8.06. The first-order chi connectivity index (χ1) is 11.4. The normalized spacial score (nSPS) is 11.7. The predicted molar refractivity (Wildman–Crippen MR) is 92.0 cm³/mol. The van der Waals surface area contributed by atoms with Gasteiger partial charge >= 0.3 is 5.97 Å². The van der Waals surface area contributed by atoms with E-state index in [4.69, 9.17) is 4.74 Å². The zero-order valence-electron chi connectivity index (χ0n) is 13.3. The van der Waals surface area contributed by atoms with Crippen LogP contribution in [0.3, 0.4) is 0 Å². The third-order valence-corrected chi connectivity index (χ3v) is 3.88. The highest BCUT2D eigenvalue weighted by Crippen LogP contribution is 2.16. The van der Waals surface area contributed by atoms with Gasteiger partial charge in [0.2, 0.25) is 0 Å². The van der Waals surface area contributed by atoms with Crippen LogP contribution in [0.5, 0.6) is 0 Å². The van der Waals surface area contributed by atoms with Gasteiger partial charge in [0.05, 0.1) is 5.56 Å². The van der Waals surface area contributed by atoms with Crippen molar-refractivity contribution in [3.05, 3.63) is 69.4 Å². The molecule has 6 heteroatoms. The summed E-state index contributed by atoms with van der Waals surface area (Å²) < 4.78 is 19.3. The number of rotatable bonds is 5. The van der Waals surface area contributed by atoms with E-state index in [-0.39, 0.29) is 5.56 Å². The summed E-state index contributed by atoms with van der Waals surface area (Å²) in [6.07, 6.45) is -1.02. The summed E-state index contributed by atoms with van der Waals surface area (Å²) >= 11 is 3.11. The highest BCUT2D eigenvalue weighted by Gasteiger charge is 2.21. The van der Waals surface area contributed by atoms with Crippen LogP contribution >= 0.6 is 15.9 Å². The largest absolute Gasteiger partial charge is 0.449 e. The predicted octanol–water partition coefficient (Wildman–Crippen LogP) is 3.76. The van der Waals surface area contributed by atoms with E-state index in [1.807, 2.05) is 31.2 Å². The summed E-state index contributed by atoms with van der Waals surface area (Å²) in [4.78, 5) is 23.9. The van der Waals surface area contributed by atoms with Gasteiger partial charge in [0, 0.05) is 11.0 Å². The van der Waals surface area contributed by atoms with Crippen LogP contribution in [-0.4, -0.2) is 18.0 Å². The molecule has 1 atom stereocenters. The van der Waals surface area contributed by atoms with Crippen LogP contribution in [0.2, 0.25) is 0 Å². The number of hydrogen-bond acceptors (Lipinski definition) is 3. The van der Waals surface area contributed by atoms with E-state index < -0.39 is 23.8 Å². The van der Waals surface area contributed by atoms with Crippen LogP contribution in [0.25, 0.3) is 0 Å². The van der Waals surface area contributed by atoms with Gasteiger partial charge in [0.15, 0.2) is 6.10 Å². The Morgan fingerprint density at radius 3 is 2.50 bits per heavy atom. The maximum Gasteiger partial charge on any atom is 0.341 e. The Morgan fingerprint density at radius 1 is 1.21 bits per heavy atom. The SMILES string of the molecule is Cc1ccc(CNC(=O)[C@H](C)OC(=O)c2ccc(Br)cc2F)cc1. The first-order valence-corrected chi connectivity index (χ1v) is 8.15. The van der Waals surface area contributed by atoms with E-state index in [1.54, 1.807) is 0 Å². The molecule has 0 aliphatic carbocycles. The monoisotopic (exact) mass is 393 g/mol. The topological polar surface area (TPSA) is 55.4 Å². The molecule has 2 aromatic carbocycles. The molecule has 0 spiro atoms. The van der Waals surface area contributed by atoms with Gasteiger partial charge in [-0.1, -0.05) is 45.8 Å². The molecule has 0 aliphatic rings. The molecule has 0 aromatic heterocycles. The number of ether oxygens (including phenoxy) is 1. The Kier molecular flexibility index (Phi) is 6.09. The average molecular weight is 394 g/mol. The lowest BCUT2D eigenvalue weighted by Gasteiger charge is -2.14. The number of esters is 1. The van der Waals surface area contributed by atoms with Crippen LogP contribution in [0.1, 0.15) is 28.4 Å². The van der Waals surface area contributed by atoms with E-state index >= 15 is 0 Å². The summed E-state index contributed by atoms with van der Waals surface area (Å²) in [6.45, 7) is 3.75. The first kappa shape index (κ1) is 18.1. The molecule has 24 heavy (non-hydrogen) atoms. The van der Waals surface area contributed by atoms with E-state index in [2.05, 4.69) is 21.2 Å². The molecule has 126 valence electrons. The standard InChI is InChI=1S/C18H17BrFNO3/c1-11-3-5-13(6-4-11)10-21-17(22)12(2)24-18(23)15-8-7-14(19)9-16(15)20/h3-9,12H,10H2,1-2H3,(H,21,22)/t12-/m0/s1. The lowest BCUT2D eigenvalue weighted by Crippen LogP contribution is -2.35. The molecule has 0 heterocycles. The minimum atomic E-state index is -1.02. The number of hydrogen-bond donors (Lipinski definition) is 1. The molecule has 0 saturated carbocycles. The maximum absolute atomic E-state index is 13.7. The van der Waals surface area contributed by atoms with Crippen LogP contribution < -0.4 is 5.32 Å². The minimum Gasteiger partial charge on any atom is -0.449 e. The zero-order chi connectivity index (χ0) is 17.7. The van der Waals surface area contributed by atoms with Gasteiger partial charge in [0.25, 0.3) is 5.91 Å². The molecule has 0 bridgehead atoms. The van der Waals surface area contributed by atoms with Gasteiger partial charge in [0.1, 0.15) is 5.82 Å². The molecule has 0 fully saturated rings. The van der Waals surface area contributed by atoms with Gasteiger partial charge in [-0.2, -0.15) is 0 Å². The Balaban J connectivity index is 1.90. The molecule has 0 saturated heterocycles. The molecule has 2 rings (SSSR count). The van der Waals surface area contributed by atoms with Crippen molar-refractivity contribution >= 4 is 27.8 Å². The van der Waals surface area contributed by atoms with E-state index in [0.29, 0.717) is 11.0 Å². The van der Waals surface area contributed by atoms with E-state index in [1.165, 1.54) is 25.1 Å². The minimum absolute atomic E-state index is 0.212. The van der Waals surface area contributed by atoms with Crippen LogP contribution in [0, 0.1) is 12.7 Å². The molecular formula is C18H17BrFNO3. The molecule has 4 nitrogen and oxygen atoms in total. The van der Waals surface area contributed by atoms with Crippen LogP contribution in [-0.2, 0) is 16.1 Å². The Hall–Kier alpha value is -2.21. The number of carbonyl (C=O) groups is 2. The second-order valence-electron chi connectivity index (χ2n) is 5.38. The Bertz CT molecular complexity index is 746. The number of halogens is 2. The highest BCUT2D eigenvalue weighted by molar-refractivity contribution is 9.10. The summed E-state index contributed by atoms with van der Waals surface area (Å²) in [6, 6.07) is 11.7. The third-order valence-electron chi connectivity index (χ3n) is 3.39. The fourth-order valence-corrected chi connectivity index (χ4v) is 2.30. The number of nitrogens with one attached hydrogen (secondary N) is 1. The smallest absolute Gasteiger partial charge is 0.341 e. The van der Waals surface area contributed by atoms with Crippen molar-refractivity contribution in [2.24, 2.45) is 0 Å². The van der Waals surface area contributed by atoms with Gasteiger partial charge < -0.3 is 10.1 Å². The molecule has 2 aromatic rings. The van der Waals surface area contributed by atoms with Crippen molar-refractivity contribution < 1.29 is 18.7 Å². The first-order valence-electron chi connectivity index (χ1n) is 7.36. The third kappa shape index (κ3) is 4.89. The Morgan fingerprint density at radius 2 is 1.88 bits per heavy atom. The summed E-state index contributed by atoms with van der Waals surface area (Å²) in [5.41, 5.74) is 1.85. The summed E-state index contributed by atoms with van der Waals surface area (Å²) in [5, 5.41) is 2.68. The van der Waals surface area contributed by atoms with Crippen molar-refractivity contribution in [1.82, 2.24) is 5.32 Å². The fourth-order valence-electron chi connectivity index (χ4n) is 1.97. The molecular weight excluding hydrogens is 377 g/mol. The van der Waals surface area contributed by atoms with E-state index in [9.17, 15) is 14.0 Å². The van der Waals surface area contributed by atoms with Crippen LogP contribution in [0.4, 0.5) is 4.39 Å². The number of amides is 1. The quantitative estimate of drug-likeness (QED) is 0.786. The second-order valence-corrected chi connectivity index (χ2v) is 6.29. The van der Waals surface area contributed by atoms with Crippen molar-refractivity contribution in [2.45, 2.75) is 26.5 Å². The summed E-state index contributed by atoms with van der Waals surface area (Å²) in [5.74, 6) is -2.03. The molecule has 1 amide bonds. The van der Waals surface area contributed by atoms with E-state index in [0.717, 1.165) is 11.1 Å². The van der Waals surface area contributed by atoms with Crippen LogP contribution in [0.15, 0.2) is 46.9 Å².